The van der Waals surface area contributed by atoms with Crippen LogP contribution in [0.2, 0.25) is 0 Å². The van der Waals surface area contributed by atoms with Crippen LogP contribution in [0.15, 0.2) is 71.4 Å². The maximum atomic E-state index is 14.6. The van der Waals surface area contributed by atoms with Crippen LogP contribution in [0.3, 0.4) is 0 Å². The van der Waals surface area contributed by atoms with Crippen molar-refractivity contribution in [1.82, 2.24) is 0 Å². The SMILES string of the molecule is CC=C(C)C(=O)OC1C(C)=CC23C(=O)C(C=C(CO)C(O)C12O)C1C(CC3C)C1(C)COC(=O)C=CC=CC=CCCC. The third kappa shape index (κ3) is 5.32. The zero-order valence-corrected chi connectivity index (χ0v) is 26.1. The van der Waals surface area contributed by atoms with Crippen LogP contribution in [0.1, 0.15) is 60.8 Å². The summed E-state index contributed by atoms with van der Waals surface area (Å²) in [7, 11) is 0. The summed E-state index contributed by atoms with van der Waals surface area (Å²) in [5.74, 6) is -2.84. The topological polar surface area (TPSA) is 130 Å². The van der Waals surface area contributed by atoms with Gasteiger partial charge >= 0.3 is 11.9 Å². The molecule has 4 aliphatic carbocycles. The van der Waals surface area contributed by atoms with Crippen molar-refractivity contribution < 1.29 is 39.2 Å². The van der Waals surface area contributed by atoms with Crippen molar-refractivity contribution in [3.8, 4) is 0 Å². The fourth-order valence-electron chi connectivity index (χ4n) is 7.82. The van der Waals surface area contributed by atoms with Gasteiger partial charge < -0.3 is 24.8 Å². The Morgan fingerprint density at radius 1 is 1.19 bits per heavy atom. The van der Waals surface area contributed by atoms with E-state index in [0.717, 1.165) is 12.8 Å². The largest absolute Gasteiger partial charge is 0.462 e. The number of aliphatic hydroxyl groups is 3. The average Bonchev–Trinajstić information content (AvgIpc) is 3.52. The summed E-state index contributed by atoms with van der Waals surface area (Å²) in [6.45, 7) is 10.5. The van der Waals surface area contributed by atoms with Crippen molar-refractivity contribution >= 4 is 17.7 Å². The van der Waals surface area contributed by atoms with Gasteiger partial charge in [-0.15, -0.1) is 0 Å². The fraction of sp³-hybridized carbons (Fsp3) is 0.571. The number of unbranched alkanes of at least 4 members (excludes halogenated alkanes) is 1. The van der Waals surface area contributed by atoms with Crippen LogP contribution in [-0.2, 0) is 23.9 Å². The van der Waals surface area contributed by atoms with Crippen LogP contribution in [0.5, 0.6) is 0 Å². The quantitative estimate of drug-likeness (QED) is 0.148. The lowest BCUT2D eigenvalue weighted by Crippen LogP contribution is -2.65. The third-order valence-electron chi connectivity index (χ3n) is 10.4. The number of allylic oxidation sites excluding steroid dienone is 7. The molecule has 0 aromatic carbocycles. The number of fused-ring (bicyclic) bond motifs is 3. The summed E-state index contributed by atoms with van der Waals surface area (Å²) in [4.78, 5) is 40.0. The third-order valence-corrected chi connectivity index (χ3v) is 10.4. The Kier molecular flexibility index (Phi) is 9.55. The minimum absolute atomic E-state index is 0.00698. The van der Waals surface area contributed by atoms with Gasteiger partial charge in [-0.2, -0.15) is 0 Å². The predicted octanol–water partition coefficient (Wildman–Crippen LogP) is 4.32. The Morgan fingerprint density at radius 2 is 1.88 bits per heavy atom. The number of aliphatic hydroxyl groups excluding tert-OH is 2. The highest BCUT2D eigenvalue weighted by molar-refractivity contribution is 5.96. The molecule has 0 aromatic rings. The zero-order chi connectivity index (χ0) is 31.7. The number of esters is 2. The lowest BCUT2D eigenvalue weighted by atomic mass is 9.59. The van der Waals surface area contributed by atoms with Gasteiger partial charge in [-0.05, 0) is 62.5 Å². The van der Waals surface area contributed by atoms with Crippen molar-refractivity contribution in [3.63, 3.8) is 0 Å². The molecule has 8 nitrogen and oxygen atoms in total. The Balaban J connectivity index is 1.61. The number of Topliss-reactive ketones (excluding diaryl/α,β-unsaturated/α-hetero) is 1. The molecule has 0 radical (unpaired) electrons. The molecule has 8 heteroatoms. The number of hydrogen-bond donors (Lipinski definition) is 3. The van der Waals surface area contributed by atoms with Gasteiger partial charge in [-0.25, -0.2) is 9.59 Å². The van der Waals surface area contributed by atoms with Crippen molar-refractivity contribution in [2.45, 2.75) is 78.6 Å². The smallest absolute Gasteiger partial charge is 0.334 e. The molecule has 9 atom stereocenters. The van der Waals surface area contributed by atoms with Crippen molar-refractivity contribution in [1.29, 1.82) is 0 Å². The van der Waals surface area contributed by atoms with E-state index in [2.05, 4.69) is 13.0 Å². The first-order valence-electron chi connectivity index (χ1n) is 15.3. The van der Waals surface area contributed by atoms with E-state index in [1.165, 1.54) is 6.08 Å². The van der Waals surface area contributed by atoms with E-state index in [4.69, 9.17) is 9.47 Å². The molecule has 0 heterocycles. The molecule has 0 aromatic heterocycles. The minimum atomic E-state index is -2.20. The number of hydrogen-bond acceptors (Lipinski definition) is 8. The lowest BCUT2D eigenvalue weighted by Gasteiger charge is -2.48. The van der Waals surface area contributed by atoms with Gasteiger partial charge in [0.05, 0.1) is 18.6 Å². The van der Waals surface area contributed by atoms with Gasteiger partial charge in [0.1, 0.15) is 6.10 Å². The molecule has 234 valence electrons. The summed E-state index contributed by atoms with van der Waals surface area (Å²) in [5.41, 5.74) is -3.34. The van der Waals surface area contributed by atoms with Crippen LogP contribution in [0.4, 0.5) is 0 Å². The maximum absolute atomic E-state index is 14.6. The second kappa shape index (κ2) is 12.5. The zero-order valence-electron chi connectivity index (χ0n) is 26.1. The number of carbonyl (C=O) groups excluding carboxylic acids is 3. The Hall–Kier alpha value is -3.07. The molecule has 2 fully saturated rings. The normalized spacial score (nSPS) is 38.8. The Bertz CT molecular complexity index is 1320. The molecule has 4 rings (SSSR count). The molecule has 3 N–H and O–H groups in total. The van der Waals surface area contributed by atoms with Gasteiger partial charge in [0.2, 0.25) is 0 Å². The van der Waals surface area contributed by atoms with Crippen LogP contribution in [0.25, 0.3) is 0 Å². The van der Waals surface area contributed by atoms with Crippen molar-refractivity contribution in [2.24, 2.45) is 34.5 Å². The van der Waals surface area contributed by atoms with E-state index in [1.54, 1.807) is 51.2 Å². The molecule has 2 bridgehead atoms. The number of ketones is 1. The molecule has 43 heavy (non-hydrogen) atoms. The van der Waals surface area contributed by atoms with Crippen LogP contribution >= 0.6 is 0 Å². The molecular weight excluding hydrogens is 548 g/mol. The molecule has 0 saturated heterocycles. The summed E-state index contributed by atoms with van der Waals surface area (Å²) in [6.07, 6.45) is 15.1. The fourth-order valence-corrected chi connectivity index (χ4v) is 7.82. The molecule has 9 unspecified atom stereocenters. The highest BCUT2D eigenvalue weighted by Gasteiger charge is 2.77. The van der Waals surface area contributed by atoms with Gasteiger partial charge in [0.15, 0.2) is 17.5 Å². The van der Waals surface area contributed by atoms with Gasteiger partial charge in [-0.3, -0.25) is 4.79 Å². The van der Waals surface area contributed by atoms with Gasteiger partial charge in [0.25, 0.3) is 0 Å². The van der Waals surface area contributed by atoms with Crippen LogP contribution in [0, 0.1) is 34.5 Å². The monoisotopic (exact) mass is 594 g/mol. The molecule has 4 aliphatic rings. The molecular formula is C35H46O8. The summed E-state index contributed by atoms with van der Waals surface area (Å²) in [6, 6.07) is 0. The van der Waals surface area contributed by atoms with E-state index in [0.29, 0.717) is 17.6 Å². The highest BCUT2D eigenvalue weighted by atomic mass is 16.6. The van der Waals surface area contributed by atoms with Crippen molar-refractivity contribution in [3.05, 3.63) is 71.4 Å². The van der Waals surface area contributed by atoms with E-state index in [9.17, 15) is 29.7 Å². The maximum Gasteiger partial charge on any atom is 0.334 e. The average molecular weight is 595 g/mol. The van der Waals surface area contributed by atoms with Gasteiger partial charge in [0, 0.05) is 23.0 Å². The van der Waals surface area contributed by atoms with E-state index >= 15 is 0 Å². The number of rotatable bonds is 10. The Morgan fingerprint density at radius 3 is 2.53 bits per heavy atom. The lowest BCUT2D eigenvalue weighted by molar-refractivity contribution is -0.201. The first-order chi connectivity index (χ1) is 20.3. The molecule has 0 amide bonds. The molecule has 0 aliphatic heterocycles. The highest BCUT2D eigenvalue weighted by Crippen LogP contribution is 2.72. The van der Waals surface area contributed by atoms with E-state index in [-0.39, 0.29) is 29.8 Å². The van der Waals surface area contributed by atoms with Gasteiger partial charge in [-0.1, -0.05) is 75.8 Å². The molecule has 2 saturated carbocycles. The second-order valence-electron chi connectivity index (χ2n) is 12.9. The summed E-state index contributed by atoms with van der Waals surface area (Å²) >= 11 is 0. The number of carbonyl (C=O) groups is 3. The van der Waals surface area contributed by atoms with Crippen molar-refractivity contribution in [2.75, 3.05) is 13.2 Å². The number of ether oxygens (including phenoxy) is 2. The standard InChI is InChI=1S/C35H46O8/c1-7-9-10-11-12-13-14-15-27(37)42-20-33(6)26-16-23(5)34-18-22(4)31(43-32(40)21(3)8-2)35(34,41)29(38)24(19-36)17-25(28(26)33)30(34)39/h8,10-15,17-18,23,25-26,28-29,31,36,38,41H,7,9,16,19-20H2,1-6H3. The first-order valence-corrected chi connectivity index (χ1v) is 15.3. The molecule has 1 spiro atoms. The van der Waals surface area contributed by atoms with E-state index < -0.39 is 59.0 Å². The summed E-state index contributed by atoms with van der Waals surface area (Å²) < 4.78 is 11.4. The van der Waals surface area contributed by atoms with Crippen LogP contribution in [-0.4, -0.2) is 64.1 Å². The van der Waals surface area contributed by atoms with Crippen LogP contribution < -0.4 is 0 Å². The first kappa shape index (κ1) is 32.8. The predicted molar refractivity (Wildman–Crippen MR) is 162 cm³/mol. The minimum Gasteiger partial charge on any atom is -0.462 e. The Labute approximate surface area is 254 Å². The summed E-state index contributed by atoms with van der Waals surface area (Å²) in [5, 5.41) is 34.5. The second-order valence-corrected chi connectivity index (χ2v) is 12.9. The van der Waals surface area contributed by atoms with E-state index in [1.807, 2.05) is 26.0 Å².